The SMILES string of the molecule is N#CCc1c(C(F)(F)F)c(OC(F)(F)F)c[nH]c1=O. The average molecular weight is 286 g/mol. The zero-order valence-corrected chi connectivity index (χ0v) is 8.82. The number of ether oxygens (including phenoxy) is 1. The maximum absolute atomic E-state index is 12.7. The van der Waals surface area contributed by atoms with Gasteiger partial charge in [-0.2, -0.15) is 18.4 Å². The Morgan fingerprint density at radius 2 is 1.84 bits per heavy atom. The molecule has 0 aromatic carbocycles. The molecule has 0 aliphatic heterocycles. The molecule has 0 amide bonds. The quantitative estimate of drug-likeness (QED) is 0.849. The van der Waals surface area contributed by atoms with E-state index in [9.17, 15) is 31.1 Å². The molecule has 1 aromatic heterocycles. The number of rotatable bonds is 2. The number of hydrogen-bond acceptors (Lipinski definition) is 3. The monoisotopic (exact) mass is 286 g/mol. The number of H-pyrrole nitrogens is 1. The van der Waals surface area contributed by atoms with Gasteiger partial charge in [0, 0.05) is 11.8 Å². The minimum absolute atomic E-state index is 0.152. The number of alkyl halides is 6. The largest absolute Gasteiger partial charge is 0.573 e. The third kappa shape index (κ3) is 3.64. The van der Waals surface area contributed by atoms with E-state index >= 15 is 0 Å². The molecule has 1 rings (SSSR count). The second kappa shape index (κ2) is 4.83. The fraction of sp³-hybridized carbons (Fsp3) is 0.333. The Kier molecular flexibility index (Phi) is 3.78. The number of pyridine rings is 1. The molecule has 19 heavy (non-hydrogen) atoms. The lowest BCUT2D eigenvalue weighted by atomic mass is 10.1. The summed E-state index contributed by atoms with van der Waals surface area (Å²) in [5.74, 6) is -1.61. The molecular weight excluding hydrogens is 282 g/mol. The van der Waals surface area contributed by atoms with E-state index in [4.69, 9.17) is 5.26 Å². The van der Waals surface area contributed by atoms with Gasteiger partial charge in [-0.3, -0.25) is 4.79 Å². The molecular formula is C9H4F6N2O2. The van der Waals surface area contributed by atoms with Gasteiger partial charge in [0.05, 0.1) is 12.5 Å². The lowest BCUT2D eigenvalue weighted by Crippen LogP contribution is -2.25. The molecule has 10 heteroatoms. The Morgan fingerprint density at radius 1 is 1.26 bits per heavy atom. The van der Waals surface area contributed by atoms with Gasteiger partial charge in [0.25, 0.3) is 5.56 Å². The van der Waals surface area contributed by atoms with Gasteiger partial charge in [0.2, 0.25) is 0 Å². The number of nitrogens with zero attached hydrogens (tertiary/aromatic N) is 1. The van der Waals surface area contributed by atoms with Gasteiger partial charge in [-0.15, -0.1) is 13.2 Å². The van der Waals surface area contributed by atoms with E-state index in [1.165, 1.54) is 6.07 Å². The maximum Gasteiger partial charge on any atom is 0.573 e. The molecule has 0 bridgehead atoms. The predicted octanol–water partition coefficient (Wildman–Crippen LogP) is 2.36. The van der Waals surface area contributed by atoms with Crippen LogP contribution in [-0.4, -0.2) is 11.3 Å². The summed E-state index contributed by atoms with van der Waals surface area (Å²) < 4.78 is 77.2. The standard InChI is InChI=1S/C9H4F6N2O2/c10-8(11,12)6-4(1-2-16)7(18)17-3-5(6)19-9(13,14)15/h3H,1H2,(H,17,18). The first-order valence-electron chi connectivity index (χ1n) is 4.50. The molecule has 104 valence electrons. The van der Waals surface area contributed by atoms with Crippen LogP contribution in [0.3, 0.4) is 0 Å². The zero-order valence-electron chi connectivity index (χ0n) is 8.82. The molecule has 0 spiro atoms. The second-order valence-corrected chi connectivity index (χ2v) is 3.22. The first-order valence-corrected chi connectivity index (χ1v) is 4.50. The summed E-state index contributed by atoms with van der Waals surface area (Å²) in [4.78, 5) is 12.8. The molecule has 1 heterocycles. The first kappa shape index (κ1) is 14.9. The zero-order chi connectivity index (χ0) is 14.8. The molecule has 0 radical (unpaired) electrons. The van der Waals surface area contributed by atoms with Gasteiger partial charge >= 0.3 is 12.5 Å². The van der Waals surface area contributed by atoms with Gasteiger partial charge in [-0.1, -0.05) is 0 Å². The minimum atomic E-state index is -5.36. The van der Waals surface area contributed by atoms with Crippen molar-refractivity contribution in [3.8, 4) is 11.8 Å². The number of hydrogen-bond donors (Lipinski definition) is 1. The molecule has 0 aliphatic rings. The molecule has 0 saturated heterocycles. The Balaban J connectivity index is 3.53. The van der Waals surface area contributed by atoms with Crippen molar-refractivity contribution >= 4 is 0 Å². The Labute approximate surface area is 101 Å². The predicted molar refractivity (Wildman–Crippen MR) is 48.1 cm³/mol. The van der Waals surface area contributed by atoms with Crippen LogP contribution in [0, 0.1) is 11.3 Å². The number of nitriles is 1. The van der Waals surface area contributed by atoms with Crippen LogP contribution >= 0.6 is 0 Å². The lowest BCUT2D eigenvalue weighted by Gasteiger charge is -2.16. The Morgan fingerprint density at radius 3 is 2.26 bits per heavy atom. The highest BCUT2D eigenvalue weighted by atomic mass is 19.4. The fourth-order valence-electron chi connectivity index (χ4n) is 1.32. The lowest BCUT2D eigenvalue weighted by molar-refractivity contribution is -0.276. The van der Waals surface area contributed by atoms with Crippen molar-refractivity contribution in [2.75, 3.05) is 0 Å². The highest BCUT2D eigenvalue weighted by molar-refractivity contribution is 5.40. The number of aromatic amines is 1. The highest BCUT2D eigenvalue weighted by Gasteiger charge is 2.42. The van der Waals surface area contributed by atoms with E-state index in [0.29, 0.717) is 0 Å². The summed E-state index contributed by atoms with van der Waals surface area (Å²) in [5.41, 5.74) is -4.34. The average Bonchev–Trinajstić information content (AvgIpc) is 2.19. The third-order valence-corrected chi connectivity index (χ3v) is 1.92. The molecule has 1 aromatic rings. The van der Waals surface area contributed by atoms with Gasteiger partial charge in [0.15, 0.2) is 5.75 Å². The minimum Gasteiger partial charge on any atom is -0.404 e. The van der Waals surface area contributed by atoms with Crippen LogP contribution in [0.15, 0.2) is 11.0 Å². The van der Waals surface area contributed by atoms with E-state index in [1.807, 2.05) is 0 Å². The molecule has 0 unspecified atom stereocenters. The van der Waals surface area contributed by atoms with Gasteiger partial charge in [-0.05, 0) is 0 Å². The Hall–Kier alpha value is -2.18. The van der Waals surface area contributed by atoms with E-state index in [0.717, 1.165) is 0 Å². The fourth-order valence-corrected chi connectivity index (χ4v) is 1.32. The summed E-state index contributed by atoms with van der Waals surface area (Å²) in [6, 6.07) is 1.27. The molecule has 0 saturated carbocycles. The van der Waals surface area contributed by atoms with E-state index in [1.54, 1.807) is 4.98 Å². The van der Waals surface area contributed by atoms with E-state index in [2.05, 4.69) is 4.74 Å². The molecule has 0 aliphatic carbocycles. The maximum atomic E-state index is 12.7. The van der Waals surface area contributed by atoms with Crippen LogP contribution in [0.25, 0.3) is 0 Å². The summed E-state index contributed by atoms with van der Waals surface area (Å²) >= 11 is 0. The van der Waals surface area contributed by atoms with Crippen LogP contribution in [0.1, 0.15) is 11.1 Å². The van der Waals surface area contributed by atoms with Crippen molar-refractivity contribution in [2.45, 2.75) is 19.0 Å². The second-order valence-electron chi connectivity index (χ2n) is 3.22. The molecule has 0 atom stereocenters. The topological polar surface area (TPSA) is 65.9 Å². The summed E-state index contributed by atoms with van der Waals surface area (Å²) in [5, 5.41) is 8.32. The van der Waals surface area contributed by atoms with Gasteiger partial charge < -0.3 is 9.72 Å². The normalized spacial score (nSPS) is 12.1. The van der Waals surface area contributed by atoms with Crippen molar-refractivity contribution in [1.29, 1.82) is 5.26 Å². The van der Waals surface area contributed by atoms with Crippen LogP contribution in [-0.2, 0) is 12.6 Å². The Bertz CT molecular complexity index is 566. The van der Waals surface area contributed by atoms with E-state index < -0.39 is 41.4 Å². The van der Waals surface area contributed by atoms with Crippen molar-refractivity contribution < 1.29 is 31.1 Å². The van der Waals surface area contributed by atoms with E-state index in [-0.39, 0.29) is 6.20 Å². The van der Waals surface area contributed by atoms with Crippen molar-refractivity contribution in [3.05, 3.63) is 27.7 Å². The van der Waals surface area contributed by atoms with Gasteiger partial charge in [-0.25, -0.2) is 0 Å². The van der Waals surface area contributed by atoms with Crippen molar-refractivity contribution in [1.82, 2.24) is 4.98 Å². The third-order valence-electron chi connectivity index (χ3n) is 1.92. The summed E-state index contributed by atoms with van der Waals surface area (Å²) in [6.07, 6.45) is -11.5. The number of aromatic nitrogens is 1. The van der Waals surface area contributed by atoms with Crippen molar-refractivity contribution in [2.24, 2.45) is 0 Å². The molecule has 1 N–H and O–H groups in total. The van der Waals surface area contributed by atoms with Gasteiger partial charge in [0.1, 0.15) is 5.56 Å². The van der Waals surface area contributed by atoms with Crippen LogP contribution < -0.4 is 10.3 Å². The molecule has 4 nitrogen and oxygen atoms in total. The van der Waals surface area contributed by atoms with Crippen LogP contribution in [0.5, 0.6) is 5.75 Å². The summed E-state index contributed by atoms with van der Waals surface area (Å²) in [6.45, 7) is 0. The van der Waals surface area contributed by atoms with Crippen LogP contribution in [0.2, 0.25) is 0 Å². The first-order chi connectivity index (χ1) is 8.56. The highest BCUT2D eigenvalue weighted by Crippen LogP contribution is 2.39. The smallest absolute Gasteiger partial charge is 0.404 e. The molecule has 0 fully saturated rings. The number of halogens is 6. The summed E-state index contributed by atoms with van der Waals surface area (Å²) in [7, 11) is 0. The number of nitrogens with one attached hydrogen (secondary N) is 1. The van der Waals surface area contributed by atoms with Crippen LogP contribution in [0.4, 0.5) is 26.3 Å². The van der Waals surface area contributed by atoms with Crippen molar-refractivity contribution in [3.63, 3.8) is 0 Å².